The monoisotopic (exact) mass is 241 g/mol. The van der Waals surface area contributed by atoms with Crippen molar-refractivity contribution in [3.8, 4) is 0 Å². The molecule has 4 nitrogen and oxygen atoms in total. The minimum Gasteiger partial charge on any atom is -0.447 e. The van der Waals surface area contributed by atoms with E-state index in [1.165, 1.54) is 14.0 Å². The molecule has 0 heterocycles. The van der Waals surface area contributed by atoms with Crippen molar-refractivity contribution in [3.63, 3.8) is 0 Å². The Morgan fingerprint density at radius 2 is 1.88 bits per heavy atom. The molecule has 0 aromatic heterocycles. The van der Waals surface area contributed by atoms with Gasteiger partial charge in [0.15, 0.2) is 0 Å². The fourth-order valence-corrected chi connectivity index (χ4v) is 1.33. The summed E-state index contributed by atoms with van der Waals surface area (Å²) in [4.78, 5) is 22.4. The van der Waals surface area contributed by atoms with E-state index in [1.807, 2.05) is 0 Å². The molecular formula is C11H12ClNO3. The zero-order valence-corrected chi connectivity index (χ0v) is 9.75. The summed E-state index contributed by atoms with van der Waals surface area (Å²) in [6, 6.07) is 6.56. The van der Waals surface area contributed by atoms with Crippen LogP contribution in [0.1, 0.15) is 18.6 Å². The molecule has 86 valence electrons. The Labute approximate surface area is 98.5 Å². The number of esters is 1. The standard InChI is InChI=1S/C11H12ClNO3/c1-7(14)16-10(11(15)13-2)8-3-5-9(12)6-4-8/h3-6,10H,1-2H3,(H,13,15). The maximum Gasteiger partial charge on any atom is 0.303 e. The van der Waals surface area contributed by atoms with Gasteiger partial charge < -0.3 is 10.1 Å². The first-order valence-electron chi connectivity index (χ1n) is 4.69. The lowest BCUT2D eigenvalue weighted by Crippen LogP contribution is -2.28. The number of ether oxygens (including phenoxy) is 1. The summed E-state index contributed by atoms with van der Waals surface area (Å²) < 4.78 is 4.93. The lowest BCUT2D eigenvalue weighted by Gasteiger charge is -2.15. The number of nitrogens with one attached hydrogen (secondary N) is 1. The molecule has 0 fully saturated rings. The first kappa shape index (κ1) is 12.5. The Morgan fingerprint density at radius 1 is 1.31 bits per heavy atom. The number of benzene rings is 1. The molecule has 0 saturated heterocycles. The van der Waals surface area contributed by atoms with E-state index in [0.29, 0.717) is 10.6 Å². The molecule has 0 radical (unpaired) electrons. The molecule has 1 aromatic carbocycles. The van der Waals surface area contributed by atoms with Gasteiger partial charge in [0, 0.05) is 24.6 Å². The molecule has 1 unspecified atom stereocenters. The summed E-state index contributed by atoms with van der Waals surface area (Å²) in [6.07, 6.45) is -0.931. The van der Waals surface area contributed by atoms with E-state index in [0.717, 1.165) is 0 Å². The van der Waals surface area contributed by atoms with E-state index in [2.05, 4.69) is 5.32 Å². The SMILES string of the molecule is CNC(=O)C(OC(C)=O)c1ccc(Cl)cc1. The van der Waals surface area contributed by atoms with Crippen molar-refractivity contribution in [2.45, 2.75) is 13.0 Å². The van der Waals surface area contributed by atoms with E-state index in [-0.39, 0.29) is 5.91 Å². The van der Waals surface area contributed by atoms with E-state index in [4.69, 9.17) is 16.3 Å². The smallest absolute Gasteiger partial charge is 0.303 e. The molecule has 0 spiro atoms. The van der Waals surface area contributed by atoms with Crippen LogP contribution in [0.25, 0.3) is 0 Å². The van der Waals surface area contributed by atoms with Crippen molar-refractivity contribution in [1.29, 1.82) is 0 Å². The molecule has 0 aliphatic carbocycles. The van der Waals surface area contributed by atoms with Crippen molar-refractivity contribution < 1.29 is 14.3 Å². The van der Waals surface area contributed by atoms with Crippen molar-refractivity contribution in [2.75, 3.05) is 7.05 Å². The van der Waals surface area contributed by atoms with Gasteiger partial charge in [0.2, 0.25) is 6.10 Å². The number of hydrogen-bond donors (Lipinski definition) is 1. The van der Waals surface area contributed by atoms with Crippen LogP contribution in [-0.4, -0.2) is 18.9 Å². The highest BCUT2D eigenvalue weighted by Gasteiger charge is 2.22. The molecule has 16 heavy (non-hydrogen) atoms. The number of hydrogen-bond acceptors (Lipinski definition) is 3. The predicted octanol–water partition coefficient (Wildman–Crippen LogP) is 1.69. The normalized spacial score (nSPS) is 11.7. The highest BCUT2D eigenvalue weighted by atomic mass is 35.5. The van der Waals surface area contributed by atoms with Crippen molar-refractivity contribution in [3.05, 3.63) is 34.9 Å². The Hall–Kier alpha value is -1.55. The second kappa shape index (κ2) is 5.51. The maximum atomic E-state index is 11.5. The minimum absolute atomic E-state index is 0.377. The van der Waals surface area contributed by atoms with E-state index >= 15 is 0 Å². The first-order chi connectivity index (χ1) is 7.54. The van der Waals surface area contributed by atoms with Crippen LogP contribution in [0, 0.1) is 0 Å². The Bertz CT molecular complexity index is 389. The molecule has 1 atom stereocenters. The van der Waals surface area contributed by atoms with E-state index < -0.39 is 12.1 Å². The largest absolute Gasteiger partial charge is 0.447 e. The quantitative estimate of drug-likeness (QED) is 0.820. The zero-order valence-electron chi connectivity index (χ0n) is 8.99. The molecular weight excluding hydrogens is 230 g/mol. The average molecular weight is 242 g/mol. The summed E-state index contributed by atoms with van der Waals surface area (Å²) in [5, 5.41) is 2.99. The molecule has 0 aliphatic rings. The van der Waals surface area contributed by atoms with Gasteiger partial charge in [-0.15, -0.1) is 0 Å². The number of carbonyl (C=O) groups is 2. The van der Waals surface area contributed by atoms with Crippen LogP contribution in [-0.2, 0) is 14.3 Å². The molecule has 5 heteroatoms. The summed E-state index contributed by atoms with van der Waals surface area (Å²) >= 11 is 5.73. The molecule has 0 saturated carbocycles. The van der Waals surface area contributed by atoms with E-state index in [9.17, 15) is 9.59 Å². The van der Waals surface area contributed by atoms with Gasteiger partial charge >= 0.3 is 5.97 Å². The van der Waals surface area contributed by atoms with Gasteiger partial charge in [-0.1, -0.05) is 23.7 Å². The van der Waals surface area contributed by atoms with Crippen LogP contribution < -0.4 is 5.32 Å². The van der Waals surface area contributed by atoms with Gasteiger partial charge in [-0.3, -0.25) is 9.59 Å². The van der Waals surface area contributed by atoms with Crippen LogP contribution in [0.5, 0.6) is 0 Å². The van der Waals surface area contributed by atoms with Gasteiger partial charge in [0.1, 0.15) is 0 Å². The first-order valence-corrected chi connectivity index (χ1v) is 5.06. The fraction of sp³-hybridized carbons (Fsp3) is 0.273. The third-order valence-corrected chi connectivity index (χ3v) is 2.19. The van der Waals surface area contributed by atoms with Crippen LogP contribution in [0.2, 0.25) is 5.02 Å². The molecule has 0 aliphatic heterocycles. The lowest BCUT2D eigenvalue weighted by atomic mass is 10.1. The van der Waals surface area contributed by atoms with Crippen LogP contribution in [0.3, 0.4) is 0 Å². The summed E-state index contributed by atoms with van der Waals surface area (Å²) in [5.41, 5.74) is 0.582. The fourth-order valence-electron chi connectivity index (χ4n) is 1.21. The highest BCUT2D eigenvalue weighted by Crippen LogP contribution is 2.20. The third-order valence-electron chi connectivity index (χ3n) is 1.94. The summed E-state index contributed by atoms with van der Waals surface area (Å²) in [5.74, 6) is -0.888. The second-order valence-electron chi connectivity index (χ2n) is 3.16. The van der Waals surface area contributed by atoms with Gasteiger partial charge in [0.25, 0.3) is 5.91 Å². The van der Waals surface area contributed by atoms with Crippen molar-refractivity contribution in [1.82, 2.24) is 5.32 Å². The summed E-state index contributed by atoms with van der Waals surface area (Å²) in [6.45, 7) is 1.26. The minimum atomic E-state index is -0.931. The lowest BCUT2D eigenvalue weighted by molar-refractivity contribution is -0.154. The Balaban J connectivity index is 2.96. The molecule has 1 rings (SSSR count). The molecule has 1 amide bonds. The molecule has 0 bridgehead atoms. The number of rotatable bonds is 3. The van der Waals surface area contributed by atoms with Gasteiger partial charge in [0.05, 0.1) is 0 Å². The van der Waals surface area contributed by atoms with Crippen LogP contribution >= 0.6 is 11.6 Å². The number of carbonyl (C=O) groups excluding carboxylic acids is 2. The molecule has 1 aromatic rings. The van der Waals surface area contributed by atoms with Crippen molar-refractivity contribution >= 4 is 23.5 Å². The predicted molar refractivity (Wildman–Crippen MR) is 60.0 cm³/mol. The number of amides is 1. The Morgan fingerprint density at radius 3 is 2.31 bits per heavy atom. The average Bonchev–Trinajstić information content (AvgIpc) is 2.26. The van der Waals surface area contributed by atoms with Gasteiger partial charge in [-0.2, -0.15) is 0 Å². The third kappa shape index (κ3) is 3.24. The van der Waals surface area contributed by atoms with Crippen LogP contribution in [0.15, 0.2) is 24.3 Å². The van der Waals surface area contributed by atoms with Gasteiger partial charge in [-0.25, -0.2) is 0 Å². The second-order valence-corrected chi connectivity index (χ2v) is 3.59. The van der Waals surface area contributed by atoms with Crippen LogP contribution in [0.4, 0.5) is 0 Å². The highest BCUT2D eigenvalue weighted by molar-refractivity contribution is 6.30. The number of likely N-dealkylation sites (N-methyl/N-ethyl adjacent to an activating group) is 1. The van der Waals surface area contributed by atoms with E-state index in [1.54, 1.807) is 24.3 Å². The molecule has 1 N–H and O–H groups in total. The zero-order chi connectivity index (χ0) is 12.1. The Kier molecular flexibility index (Phi) is 4.31. The summed E-state index contributed by atoms with van der Waals surface area (Å²) in [7, 11) is 1.48. The maximum absolute atomic E-state index is 11.5. The van der Waals surface area contributed by atoms with Crippen molar-refractivity contribution in [2.24, 2.45) is 0 Å². The topological polar surface area (TPSA) is 55.4 Å². The number of halogens is 1. The van der Waals surface area contributed by atoms with Gasteiger partial charge in [-0.05, 0) is 12.1 Å².